The minimum absolute atomic E-state index is 0.0951. The second-order valence-corrected chi connectivity index (χ2v) is 4.06. The van der Waals surface area contributed by atoms with E-state index in [-0.39, 0.29) is 5.91 Å². The summed E-state index contributed by atoms with van der Waals surface area (Å²) >= 11 is 1.81. The van der Waals surface area contributed by atoms with Crippen LogP contribution < -0.4 is 5.32 Å². The van der Waals surface area contributed by atoms with Gasteiger partial charge in [-0.05, 0) is 17.9 Å². The Labute approximate surface area is 88.3 Å². The van der Waals surface area contributed by atoms with Crippen LogP contribution in [0.4, 0.5) is 0 Å². The van der Waals surface area contributed by atoms with Crippen LogP contribution in [0.3, 0.4) is 0 Å². The molecular weight excluding hydrogens is 196 g/mol. The average Bonchev–Trinajstić information content (AvgIpc) is 2.25. The summed E-state index contributed by atoms with van der Waals surface area (Å²) in [5, 5.41) is 2.81. The monoisotopic (exact) mass is 210 g/mol. The quantitative estimate of drug-likeness (QED) is 0.750. The van der Waals surface area contributed by atoms with Crippen molar-refractivity contribution in [2.45, 2.75) is 6.92 Å². The molecule has 4 heteroatoms. The number of nitrogens with one attached hydrogen (secondary N) is 1. The van der Waals surface area contributed by atoms with E-state index < -0.39 is 0 Å². The van der Waals surface area contributed by atoms with E-state index in [1.165, 1.54) is 0 Å². The van der Waals surface area contributed by atoms with Gasteiger partial charge in [0.2, 0.25) is 0 Å². The maximum atomic E-state index is 11.4. The van der Waals surface area contributed by atoms with Gasteiger partial charge in [-0.15, -0.1) is 0 Å². The minimum atomic E-state index is -0.0951. The number of carbonyl (C=O) groups excluding carboxylic acids is 1. The Kier molecular flexibility index (Phi) is 5.07. The van der Waals surface area contributed by atoms with Crippen molar-refractivity contribution in [3.63, 3.8) is 0 Å². The lowest BCUT2D eigenvalue weighted by Gasteiger charge is -2.02. The van der Waals surface area contributed by atoms with E-state index in [0.717, 1.165) is 11.5 Å². The normalized spacial score (nSPS) is 9.79. The van der Waals surface area contributed by atoms with Crippen molar-refractivity contribution >= 4 is 17.7 Å². The molecule has 0 saturated heterocycles. The standard InChI is InChI=1S/C10H14N2OS/c1-2-14-8-7-12-10(13)9-5-3-4-6-11-9/h3-6H,2,7-8H2,1H3,(H,12,13). The Morgan fingerprint density at radius 3 is 3.07 bits per heavy atom. The number of hydrogen-bond donors (Lipinski definition) is 1. The number of aromatic nitrogens is 1. The van der Waals surface area contributed by atoms with Crippen LogP contribution >= 0.6 is 11.8 Å². The third-order valence-electron chi connectivity index (χ3n) is 1.63. The molecule has 0 atom stereocenters. The molecule has 14 heavy (non-hydrogen) atoms. The Balaban J connectivity index is 2.29. The summed E-state index contributed by atoms with van der Waals surface area (Å²) in [5.41, 5.74) is 0.481. The van der Waals surface area contributed by atoms with Crippen LogP contribution in [0.5, 0.6) is 0 Å². The lowest BCUT2D eigenvalue weighted by atomic mass is 10.3. The molecule has 1 aromatic heterocycles. The maximum Gasteiger partial charge on any atom is 0.269 e. The molecule has 0 radical (unpaired) electrons. The van der Waals surface area contributed by atoms with Crippen molar-refractivity contribution in [2.75, 3.05) is 18.1 Å². The first-order chi connectivity index (χ1) is 6.84. The summed E-state index contributed by atoms with van der Waals surface area (Å²) in [6.07, 6.45) is 1.62. The van der Waals surface area contributed by atoms with Crippen molar-refractivity contribution in [3.8, 4) is 0 Å². The van der Waals surface area contributed by atoms with Gasteiger partial charge in [0.1, 0.15) is 5.69 Å². The van der Waals surface area contributed by atoms with Gasteiger partial charge in [-0.1, -0.05) is 13.0 Å². The molecule has 0 saturated carbocycles. The van der Waals surface area contributed by atoms with E-state index in [4.69, 9.17) is 0 Å². The van der Waals surface area contributed by atoms with Gasteiger partial charge >= 0.3 is 0 Å². The van der Waals surface area contributed by atoms with E-state index in [0.29, 0.717) is 12.2 Å². The molecule has 1 amide bonds. The summed E-state index contributed by atoms with van der Waals surface area (Å²) < 4.78 is 0. The lowest BCUT2D eigenvalue weighted by molar-refractivity contribution is 0.0951. The fraction of sp³-hybridized carbons (Fsp3) is 0.400. The SMILES string of the molecule is CCSCCNC(=O)c1ccccn1. The molecule has 1 N–H and O–H groups in total. The molecule has 3 nitrogen and oxygen atoms in total. The number of thioether (sulfide) groups is 1. The van der Waals surface area contributed by atoms with Crippen LogP contribution in [0.1, 0.15) is 17.4 Å². The second kappa shape index (κ2) is 6.43. The summed E-state index contributed by atoms with van der Waals surface area (Å²) in [5.74, 6) is 1.94. The van der Waals surface area contributed by atoms with Crippen LogP contribution in [0, 0.1) is 0 Å². The molecule has 0 aromatic carbocycles. The van der Waals surface area contributed by atoms with Gasteiger partial charge in [-0.2, -0.15) is 11.8 Å². The minimum Gasteiger partial charge on any atom is -0.350 e. The van der Waals surface area contributed by atoms with Gasteiger partial charge in [0.15, 0.2) is 0 Å². The number of nitrogens with zero attached hydrogens (tertiary/aromatic N) is 1. The molecule has 0 spiro atoms. The van der Waals surface area contributed by atoms with Crippen molar-refractivity contribution < 1.29 is 4.79 Å². The van der Waals surface area contributed by atoms with Crippen LogP contribution in [0.2, 0.25) is 0 Å². The predicted octanol–water partition coefficient (Wildman–Crippen LogP) is 1.56. The maximum absolute atomic E-state index is 11.4. The van der Waals surface area contributed by atoms with E-state index in [1.54, 1.807) is 18.3 Å². The number of amides is 1. The molecule has 0 bridgehead atoms. The molecule has 0 unspecified atom stereocenters. The third-order valence-corrected chi connectivity index (χ3v) is 2.53. The van der Waals surface area contributed by atoms with Crippen LogP contribution in [-0.4, -0.2) is 28.9 Å². The molecule has 0 aliphatic carbocycles. The molecule has 1 aromatic rings. The zero-order valence-corrected chi connectivity index (χ0v) is 9.01. The molecule has 0 fully saturated rings. The molecule has 1 rings (SSSR count). The van der Waals surface area contributed by atoms with Crippen molar-refractivity contribution in [1.29, 1.82) is 0 Å². The van der Waals surface area contributed by atoms with Crippen molar-refractivity contribution in [3.05, 3.63) is 30.1 Å². The van der Waals surface area contributed by atoms with E-state index in [2.05, 4.69) is 17.2 Å². The van der Waals surface area contributed by atoms with Crippen LogP contribution in [0.15, 0.2) is 24.4 Å². The van der Waals surface area contributed by atoms with E-state index in [1.807, 2.05) is 17.8 Å². The number of rotatable bonds is 5. The fourth-order valence-corrected chi connectivity index (χ4v) is 1.50. The van der Waals surface area contributed by atoms with Gasteiger partial charge in [-0.25, -0.2) is 0 Å². The summed E-state index contributed by atoms with van der Waals surface area (Å²) in [6.45, 7) is 2.80. The first kappa shape index (κ1) is 11.0. The van der Waals surface area contributed by atoms with E-state index in [9.17, 15) is 4.79 Å². The Morgan fingerprint density at radius 2 is 2.43 bits per heavy atom. The molecule has 76 valence electrons. The highest BCUT2D eigenvalue weighted by Gasteiger charge is 2.03. The zero-order chi connectivity index (χ0) is 10.2. The van der Waals surface area contributed by atoms with Crippen LogP contribution in [-0.2, 0) is 0 Å². The van der Waals surface area contributed by atoms with Crippen LogP contribution in [0.25, 0.3) is 0 Å². The predicted molar refractivity (Wildman–Crippen MR) is 59.6 cm³/mol. The summed E-state index contributed by atoms with van der Waals surface area (Å²) in [4.78, 5) is 15.4. The highest BCUT2D eigenvalue weighted by Crippen LogP contribution is 1.96. The van der Waals surface area contributed by atoms with Crippen molar-refractivity contribution in [2.24, 2.45) is 0 Å². The van der Waals surface area contributed by atoms with Gasteiger partial charge < -0.3 is 5.32 Å². The molecule has 0 aliphatic rings. The summed E-state index contributed by atoms with van der Waals surface area (Å²) in [6, 6.07) is 5.31. The largest absolute Gasteiger partial charge is 0.350 e. The van der Waals surface area contributed by atoms with Gasteiger partial charge in [-0.3, -0.25) is 9.78 Å². The first-order valence-corrected chi connectivity index (χ1v) is 5.77. The number of pyridine rings is 1. The molecule has 1 heterocycles. The summed E-state index contributed by atoms with van der Waals surface area (Å²) in [7, 11) is 0. The lowest BCUT2D eigenvalue weighted by Crippen LogP contribution is -2.26. The van der Waals surface area contributed by atoms with Gasteiger partial charge in [0.25, 0.3) is 5.91 Å². The average molecular weight is 210 g/mol. The number of carbonyl (C=O) groups is 1. The second-order valence-electron chi connectivity index (χ2n) is 2.67. The van der Waals surface area contributed by atoms with E-state index >= 15 is 0 Å². The highest BCUT2D eigenvalue weighted by atomic mass is 32.2. The zero-order valence-electron chi connectivity index (χ0n) is 8.19. The first-order valence-electron chi connectivity index (χ1n) is 4.61. The Hall–Kier alpha value is -1.03. The Morgan fingerprint density at radius 1 is 1.57 bits per heavy atom. The highest BCUT2D eigenvalue weighted by molar-refractivity contribution is 7.99. The number of hydrogen-bond acceptors (Lipinski definition) is 3. The van der Waals surface area contributed by atoms with Gasteiger partial charge in [0, 0.05) is 18.5 Å². The van der Waals surface area contributed by atoms with Gasteiger partial charge in [0.05, 0.1) is 0 Å². The Bertz CT molecular complexity index is 277. The molecule has 0 aliphatic heterocycles. The topological polar surface area (TPSA) is 42.0 Å². The third kappa shape index (κ3) is 3.79. The molecular formula is C10H14N2OS. The fourth-order valence-electron chi connectivity index (χ4n) is 0.969. The smallest absolute Gasteiger partial charge is 0.269 e. The van der Waals surface area contributed by atoms with Crippen molar-refractivity contribution in [1.82, 2.24) is 10.3 Å².